The first kappa shape index (κ1) is 16.4. The first-order valence-electron chi connectivity index (χ1n) is 8.78. The van der Waals surface area contributed by atoms with Crippen molar-refractivity contribution in [2.45, 2.75) is 43.8 Å². The topological polar surface area (TPSA) is 55.1 Å². The lowest BCUT2D eigenvalue weighted by Gasteiger charge is -2.20. The number of nitrogens with one attached hydrogen (secondary N) is 1. The van der Waals surface area contributed by atoms with Gasteiger partial charge in [0.2, 0.25) is 5.95 Å². The molecule has 0 radical (unpaired) electrons. The maximum Gasteiger partial charge on any atom is 0.228 e. The molecule has 1 atom stereocenters. The summed E-state index contributed by atoms with van der Waals surface area (Å²) in [5, 5.41) is 9.00. The van der Waals surface area contributed by atoms with Crippen molar-refractivity contribution < 1.29 is 0 Å². The Morgan fingerprint density at radius 2 is 1.92 bits per heavy atom. The van der Waals surface area contributed by atoms with Crippen molar-refractivity contribution in [3.63, 3.8) is 0 Å². The molecule has 0 bridgehead atoms. The van der Waals surface area contributed by atoms with Crippen LogP contribution in [0.25, 0.3) is 5.65 Å². The Balaban J connectivity index is 1.77. The second-order valence-corrected chi connectivity index (χ2v) is 7.67. The molecule has 0 unspecified atom stereocenters. The molecule has 1 aliphatic carbocycles. The highest BCUT2D eigenvalue weighted by molar-refractivity contribution is 7.98. The van der Waals surface area contributed by atoms with Gasteiger partial charge in [-0.3, -0.25) is 0 Å². The predicted molar refractivity (Wildman–Crippen MR) is 102 cm³/mol. The molecule has 0 amide bonds. The molecule has 0 spiro atoms. The van der Waals surface area contributed by atoms with Gasteiger partial charge in [-0.2, -0.15) is 14.6 Å². The SMILES string of the molecule is CSc1nc(N[C@H](c2ccccc2)C2CC2)n2ncc(C(C)C)c2n1. The standard InChI is InChI=1S/C19H23N5S/c1-12(2)15-11-20-24-17(15)22-19(25-3)23-18(24)21-16(14-9-10-14)13-7-5-4-6-8-13/h4-8,11-12,14,16H,9-10H2,1-3H3,(H,21,22,23)/t16-/m1/s1. The van der Waals surface area contributed by atoms with Gasteiger partial charge in [0.05, 0.1) is 12.2 Å². The van der Waals surface area contributed by atoms with E-state index in [2.05, 4.69) is 59.6 Å². The lowest BCUT2D eigenvalue weighted by Crippen LogP contribution is -2.17. The monoisotopic (exact) mass is 353 g/mol. The molecule has 0 saturated heterocycles. The van der Waals surface area contributed by atoms with Gasteiger partial charge in [-0.05, 0) is 36.5 Å². The Hall–Kier alpha value is -2.08. The zero-order valence-electron chi connectivity index (χ0n) is 14.8. The van der Waals surface area contributed by atoms with Crippen molar-refractivity contribution in [2.75, 3.05) is 11.6 Å². The quantitative estimate of drug-likeness (QED) is 0.660. The van der Waals surface area contributed by atoms with Gasteiger partial charge in [-0.25, -0.2) is 4.98 Å². The molecule has 1 saturated carbocycles. The van der Waals surface area contributed by atoms with Gasteiger partial charge in [0.1, 0.15) is 0 Å². The Morgan fingerprint density at radius 1 is 1.16 bits per heavy atom. The van der Waals surface area contributed by atoms with Gasteiger partial charge >= 0.3 is 0 Å². The minimum atomic E-state index is 0.265. The summed E-state index contributed by atoms with van der Waals surface area (Å²) in [6.07, 6.45) is 6.44. The number of hydrogen-bond donors (Lipinski definition) is 1. The van der Waals surface area contributed by atoms with Crippen LogP contribution >= 0.6 is 11.8 Å². The maximum atomic E-state index is 4.71. The number of thioether (sulfide) groups is 1. The molecule has 0 aliphatic heterocycles. The van der Waals surface area contributed by atoms with E-state index in [-0.39, 0.29) is 6.04 Å². The van der Waals surface area contributed by atoms with E-state index < -0.39 is 0 Å². The second kappa shape index (κ2) is 6.67. The lowest BCUT2D eigenvalue weighted by molar-refractivity contribution is 0.659. The number of rotatable bonds is 6. The molecular weight excluding hydrogens is 330 g/mol. The summed E-state index contributed by atoms with van der Waals surface area (Å²) in [6, 6.07) is 10.9. The van der Waals surface area contributed by atoms with Crippen molar-refractivity contribution in [1.29, 1.82) is 0 Å². The van der Waals surface area contributed by atoms with Gasteiger partial charge < -0.3 is 5.32 Å². The van der Waals surface area contributed by atoms with Crippen LogP contribution in [0.4, 0.5) is 5.95 Å². The Labute approximate surface area is 152 Å². The minimum absolute atomic E-state index is 0.265. The second-order valence-electron chi connectivity index (χ2n) is 6.89. The molecular formula is C19H23N5S. The molecule has 3 aromatic rings. The smallest absolute Gasteiger partial charge is 0.228 e. The number of nitrogens with zero attached hydrogens (tertiary/aromatic N) is 4. The Morgan fingerprint density at radius 3 is 2.56 bits per heavy atom. The first-order chi connectivity index (χ1) is 12.2. The van der Waals surface area contributed by atoms with Crippen molar-refractivity contribution in [3.05, 3.63) is 47.7 Å². The van der Waals surface area contributed by atoms with Crippen LogP contribution in [0.5, 0.6) is 0 Å². The summed E-state index contributed by atoms with van der Waals surface area (Å²) >= 11 is 1.57. The number of benzene rings is 1. The largest absolute Gasteiger partial charge is 0.347 e. The summed E-state index contributed by atoms with van der Waals surface area (Å²) in [7, 11) is 0. The first-order valence-corrected chi connectivity index (χ1v) is 10.0. The number of hydrogen-bond acceptors (Lipinski definition) is 5. The predicted octanol–water partition coefficient (Wildman–Crippen LogP) is 4.53. The lowest BCUT2D eigenvalue weighted by atomic mass is 10.0. The molecule has 1 N–H and O–H groups in total. The average Bonchev–Trinajstić information content (AvgIpc) is 3.37. The third-order valence-corrected chi connectivity index (χ3v) is 5.26. The molecule has 25 heavy (non-hydrogen) atoms. The van der Waals surface area contributed by atoms with Crippen LogP contribution in [0.3, 0.4) is 0 Å². The van der Waals surface area contributed by atoms with E-state index in [0.717, 1.165) is 22.3 Å². The van der Waals surface area contributed by atoms with E-state index in [9.17, 15) is 0 Å². The zero-order valence-corrected chi connectivity index (χ0v) is 15.6. The highest BCUT2D eigenvalue weighted by Gasteiger charge is 2.33. The van der Waals surface area contributed by atoms with Crippen LogP contribution in [0.2, 0.25) is 0 Å². The van der Waals surface area contributed by atoms with Gasteiger partial charge in [-0.15, -0.1) is 0 Å². The third-order valence-electron chi connectivity index (χ3n) is 4.72. The van der Waals surface area contributed by atoms with Crippen LogP contribution < -0.4 is 5.32 Å². The van der Waals surface area contributed by atoms with E-state index in [4.69, 9.17) is 4.98 Å². The minimum Gasteiger partial charge on any atom is -0.347 e. The Bertz CT molecular complexity index is 870. The van der Waals surface area contributed by atoms with E-state index >= 15 is 0 Å². The summed E-state index contributed by atoms with van der Waals surface area (Å²) < 4.78 is 1.85. The van der Waals surface area contributed by atoms with Crippen molar-refractivity contribution in [2.24, 2.45) is 5.92 Å². The highest BCUT2D eigenvalue weighted by Crippen LogP contribution is 2.42. The molecule has 1 fully saturated rings. The Kier molecular flexibility index (Phi) is 4.37. The van der Waals surface area contributed by atoms with E-state index in [0.29, 0.717) is 11.8 Å². The number of fused-ring (bicyclic) bond motifs is 1. The van der Waals surface area contributed by atoms with Gasteiger partial charge in [0, 0.05) is 5.56 Å². The molecule has 5 nitrogen and oxygen atoms in total. The van der Waals surface area contributed by atoms with Crippen molar-refractivity contribution >= 4 is 23.4 Å². The van der Waals surface area contributed by atoms with Gasteiger partial charge in [-0.1, -0.05) is 55.9 Å². The average molecular weight is 353 g/mol. The molecule has 2 heterocycles. The molecule has 130 valence electrons. The van der Waals surface area contributed by atoms with E-state index in [1.807, 2.05) is 17.0 Å². The van der Waals surface area contributed by atoms with Gasteiger partial charge in [0.15, 0.2) is 10.8 Å². The summed E-state index contributed by atoms with van der Waals surface area (Å²) in [4.78, 5) is 9.40. The molecule has 1 aromatic carbocycles. The molecule has 4 rings (SSSR count). The molecule has 1 aliphatic rings. The van der Waals surface area contributed by atoms with Crippen molar-refractivity contribution in [3.8, 4) is 0 Å². The van der Waals surface area contributed by atoms with Crippen LogP contribution in [0, 0.1) is 5.92 Å². The fourth-order valence-corrected chi connectivity index (χ4v) is 3.52. The van der Waals surface area contributed by atoms with Crippen molar-refractivity contribution in [1.82, 2.24) is 19.6 Å². The van der Waals surface area contributed by atoms with E-state index in [1.54, 1.807) is 11.8 Å². The van der Waals surface area contributed by atoms with E-state index in [1.165, 1.54) is 18.4 Å². The maximum absolute atomic E-state index is 4.71. The van der Waals surface area contributed by atoms with Crippen LogP contribution in [0.1, 0.15) is 49.8 Å². The van der Waals surface area contributed by atoms with Crippen LogP contribution in [-0.4, -0.2) is 25.8 Å². The number of aromatic nitrogens is 4. The van der Waals surface area contributed by atoms with Crippen LogP contribution in [-0.2, 0) is 0 Å². The molecule has 2 aromatic heterocycles. The fraction of sp³-hybridized carbons (Fsp3) is 0.421. The normalized spacial score (nSPS) is 15.7. The fourth-order valence-electron chi connectivity index (χ4n) is 3.17. The summed E-state index contributed by atoms with van der Waals surface area (Å²) in [6.45, 7) is 4.34. The summed E-state index contributed by atoms with van der Waals surface area (Å²) in [5.74, 6) is 1.82. The number of anilines is 1. The molecule has 6 heteroatoms. The van der Waals surface area contributed by atoms with Gasteiger partial charge in [0.25, 0.3) is 0 Å². The van der Waals surface area contributed by atoms with Crippen LogP contribution in [0.15, 0.2) is 41.7 Å². The summed E-state index contributed by atoms with van der Waals surface area (Å²) in [5.41, 5.74) is 3.36. The highest BCUT2D eigenvalue weighted by atomic mass is 32.2. The third kappa shape index (κ3) is 3.23. The zero-order chi connectivity index (χ0) is 17.4.